The number of pyridine rings is 1. The minimum Gasteiger partial charge on any atom is -0.261 e. The highest BCUT2D eigenvalue weighted by molar-refractivity contribution is 5.64. The Morgan fingerprint density at radius 3 is 2.67 bits per heavy atom. The third-order valence-electron chi connectivity index (χ3n) is 2.01. The summed E-state index contributed by atoms with van der Waals surface area (Å²) < 4.78 is 0. The highest BCUT2D eigenvalue weighted by Crippen LogP contribution is 2.16. The van der Waals surface area contributed by atoms with Gasteiger partial charge in [-0.05, 0) is 37.5 Å². The van der Waals surface area contributed by atoms with Crippen LogP contribution in [0.4, 0.5) is 0 Å². The van der Waals surface area contributed by atoms with Crippen molar-refractivity contribution in [3.8, 4) is 0 Å². The molecule has 0 aromatic carbocycles. The maximum atomic E-state index is 4.26. The summed E-state index contributed by atoms with van der Waals surface area (Å²) in [6, 6.07) is 4.18. The molecule has 12 heavy (non-hydrogen) atoms. The van der Waals surface area contributed by atoms with Gasteiger partial charge in [-0.2, -0.15) is 0 Å². The van der Waals surface area contributed by atoms with Gasteiger partial charge in [0.2, 0.25) is 0 Å². The van der Waals surface area contributed by atoms with Crippen LogP contribution in [0.5, 0.6) is 0 Å². The van der Waals surface area contributed by atoms with Gasteiger partial charge in [-0.3, -0.25) is 4.98 Å². The van der Waals surface area contributed by atoms with Crippen LogP contribution in [0.25, 0.3) is 5.57 Å². The van der Waals surface area contributed by atoms with E-state index in [1.165, 1.54) is 11.1 Å². The summed E-state index contributed by atoms with van der Waals surface area (Å²) in [7, 11) is 0. The summed E-state index contributed by atoms with van der Waals surface area (Å²) in [4.78, 5) is 4.26. The molecule has 0 aliphatic carbocycles. The number of allylic oxidation sites excluding steroid dienone is 2. The topological polar surface area (TPSA) is 12.9 Å². The van der Waals surface area contributed by atoms with Gasteiger partial charge in [0.15, 0.2) is 0 Å². The predicted molar refractivity (Wildman–Crippen MR) is 52.9 cm³/mol. The molecule has 0 atom stereocenters. The second kappa shape index (κ2) is 4.05. The van der Waals surface area contributed by atoms with Crippen molar-refractivity contribution < 1.29 is 0 Å². The number of nitrogens with zero attached hydrogens (tertiary/aromatic N) is 1. The Labute approximate surface area is 74.2 Å². The molecule has 0 aliphatic heterocycles. The Bertz CT molecular complexity index is 270. The second-order valence-electron chi connectivity index (χ2n) is 2.86. The van der Waals surface area contributed by atoms with E-state index in [2.05, 4.69) is 37.0 Å². The monoisotopic (exact) mass is 161 g/mol. The summed E-state index contributed by atoms with van der Waals surface area (Å²) in [6.07, 6.45) is 5.15. The molecule has 1 heterocycles. The van der Waals surface area contributed by atoms with Crippen molar-refractivity contribution in [2.75, 3.05) is 0 Å². The molecular formula is C11H15N. The highest BCUT2D eigenvalue weighted by atomic mass is 14.7. The van der Waals surface area contributed by atoms with Crippen LogP contribution in [0.2, 0.25) is 0 Å². The van der Waals surface area contributed by atoms with Gasteiger partial charge >= 0.3 is 0 Å². The molecule has 1 aromatic heterocycles. The van der Waals surface area contributed by atoms with Crippen LogP contribution in [-0.4, -0.2) is 4.98 Å². The molecule has 1 aromatic rings. The number of aryl methyl sites for hydroxylation is 1. The number of hydrogen-bond donors (Lipinski definition) is 0. The summed E-state index contributed by atoms with van der Waals surface area (Å²) in [5, 5.41) is 0. The molecule has 0 N–H and O–H groups in total. The summed E-state index contributed by atoms with van der Waals surface area (Å²) in [6.45, 7) is 6.24. The van der Waals surface area contributed by atoms with Crippen LogP contribution in [0.3, 0.4) is 0 Å². The van der Waals surface area contributed by atoms with Crippen LogP contribution in [0.15, 0.2) is 24.4 Å². The average molecular weight is 161 g/mol. The zero-order valence-corrected chi connectivity index (χ0v) is 7.96. The van der Waals surface area contributed by atoms with Crippen molar-refractivity contribution >= 4 is 5.57 Å². The molecule has 0 saturated heterocycles. The molecule has 1 rings (SSSR count). The zero-order valence-electron chi connectivity index (χ0n) is 7.96. The van der Waals surface area contributed by atoms with Gasteiger partial charge in [0, 0.05) is 11.9 Å². The minimum absolute atomic E-state index is 1.07. The van der Waals surface area contributed by atoms with Crippen LogP contribution >= 0.6 is 0 Å². The van der Waals surface area contributed by atoms with Crippen LogP contribution in [0, 0.1) is 6.92 Å². The Morgan fingerprint density at radius 2 is 2.25 bits per heavy atom. The van der Waals surface area contributed by atoms with Gasteiger partial charge in [0.05, 0.1) is 0 Å². The van der Waals surface area contributed by atoms with E-state index in [1.807, 2.05) is 13.1 Å². The first kappa shape index (κ1) is 8.98. The fraction of sp³-hybridized carbons (Fsp3) is 0.364. The van der Waals surface area contributed by atoms with E-state index in [4.69, 9.17) is 0 Å². The first-order valence-corrected chi connectivity index (χ1v) is 4.36. The minimum atomic E-state index is 1.07. The Morgan fingerprint density at radius 1 is 1.50 bits per heavy atom. The fourth-order valence-electron chi connectivity index (χ4n) is 1.23. The predicted octanol–water partition coefficient (Wildman–Crippen LogP) is 3.20. The smallest absolute Gasteiger partial charge is 0.0373 e. The van der Waals surface area contributed by atoms with E-state index in [-0.39, 0.29) is 0 Å². The molecule has 0 fully saturated rings. The summed E-state index contributed by atoms with van der Waals surface area (Å²) in [5.74, 6) is 0. The van der Waals surface area contributed by atoms with E-state index in [0.29, 0.717) is 0 Å². The van der Waals surface area contributed by atoms with Crippen LogP contribution < -0.4 is 0 Å². The van der Waals surface area contributed by atoms with Crippen molar-refractivity contribution in [3.05, 3.63) is 35.7 Å². The second-order valence-corrected chi connectivity index (χ2v) is 2.86. The van der Waals surface area contributed by atoms with Crippen molar-refractivity contribution in [3.63, 3.8) is 0 Å². The van der Waals surface area contributed by atoms with E-state index in [9.17, 15) is 0 Å². The lowest BCUT2D eigenvalue weighted by Gasteiger charge is -2.02. The molecule has 0 radical (unpaired) electrons. The lowest BCUT2D eigenvalue weighted by atomic mass is 10.1. The number of rotatable bonds is 2. The van der Waals surface area contributed by atoms with Gasteiger partial charge < -0.3 is 0 Å². The largest absolute Gasteiger partial charge is 0.261 e. The van der Waals surface area contributed by atoms with Crippen molar-refractivity contribution in [1.29, 1.82) is 0 Å². The molecule has 0 amide bonds. The first-order chi connectivity index (χ1) is 5.77. The highest BCUT2D eigenvalue weighted by Gasteiger charge is 1.96. The van der Waals surface area contributed by atoms with Gasteiger partial charge in [0.1, 0.15) is 0 Å². The average Bonchev–Trinajstić information content (AvgIpc) is 2.10. The van der Waals surface area contributed by atoms with Crippen LogP contribution in [-0.2, 0) is 0 Å². The molecule has 0 unspecified atom stereocenters. The number of aromatic nitrogens is 1. The lowest BCUT2D eigenvalue weighted by Crippen LogP contribution is -1.85. The van der Waals surface area contributed by atoms with Crippen molar-refractivity contribution in [1.82, 2.24) is 4.98 Å². The van der Waals surface area contributed by atoms with E-state index < -0.39 is 0 Å². The molecule has 0 bridgehead atoms. The van der Waals surface area contributed by atoms with Crippen molar-refractivity contribution in [2.24, 2.45) is 0 Å². The van der Waals surface area contributed by atoms with E-state index >= 15 is 0 Å². The van der Waals surface area contributed by atoms with Gasteiger partial charge in [0.25, 0.3) is 0 Å². The number of hydrogen-bond acceptors (Lipinski definition) is 1. The molecule has 1 heteroatoms. The Kier molecular flexibility index (Phi) is 3.03. The lowest BCUT2D eigenvalue weighted by molar-refractivity contribution is 1.16. The summed E-state index contributed by atoms with van der Waals surface area (Å²) >= 11 is 0. The molecule has 0 spiro atoms. The molecule has 0 aliphatic rings. The van der Waals surface area contributed by atoms with E-state index in [1.54, 1.807) is 0 Å². The van der Waals surface area contributed by atoms with Crippen LogP contribution in [0.1, 0.15) is 31.5 Å². The maximum Gasteiger partial charge on any atom is 0.0373 e. The quantitative estimate of drug-likeness (QED) is 0.649. The SMILES string of the molecule is C/C=C(/CC)c1ccc(C)nc1. The van der Waals surface area contributed by atoms with Gasteiger partial charge in [-0.25, -0.2) is 0 Å². The van der Waals surface area contributed by atoms with Crippen molar-refractivity contribution in [2.45, 2.75) is 27.2 Å². The third-order valence-corrected chi connectivity index (χ3v) is 2.01. The normalized spacial score (nSPS) is 11.8. The molecule has 64 valence electrons. The third kappa shape index (κ3) is 1.94. The zero-order chi connectivity index (χ0) is 8.97. The first-order valence-electron chi connectivity index (χ1n) is 4.36. The van der Waals surface area contributed by atoms with E-state index in [0.717, 1.165) is 12.1 Å². The molecular weight excluding hydrogens is 146 g/mol. The maximum absolute atomic E-state index is 4.26. The fourth-order valence-corrected chi connectivity index (χ4v) is 1.23. The van der Waals surface area contributed by atoms with Gasteiger partial charge in [-0.1, -0.05) is 19.1 Å². The Balaban J connectivity index is 2.96. The standard InChI is InChI=1S/C11H15N/c1-4-10(5-2)11-7-6-9(3)12-8-11/h4,6-8H,5H2,1-3H3/b10-4-. The molecule has 0 saturated carbocycles. The van der Waals surface area contributed by atoms with Gasteiger partial charge in [-0.15, -0.1) is 0 Å². The summed E-state index contributed by atoms with van der Waals surface area (Å²) in [5.41, 5.74) is 3.68. The molecule has 1 nitrogen and oxygen atoms in total. The Hall–Kier alpha value is -1.11.